The number of carbonyl (C=O) groups is 2. The number of alkyl halides is 3. The predicted octanol–water partition coefficient (Wildman–Crippen LogP) is 5.26. The third-order valence-corrected chi connectivity index (χ3v) is 4.64. The summed E-state index contributed by atoms with van der Waals surface area (Å²) in [4.78, 5) is 27.1. The van der Waals surface area contributed by atoms with E-state index in [9.17, 15) is 31.5 Å². The van der Waals surface area contributed by atoms with Gasteiger partial charge in [-0.1, -0.05) is 36.4 Å². The zero-order valence-electron chi connectivity index (χ0n) is 16.5. The first-order valence-corrected chi connectivity index (χ1v) is 9.40. The number of benzene rings is 3. The number of carbonyl (C=O) groups excluding carboxylic acids is 2. The lowest BCUT2D eigenvalue weighted by Crippen LogP contribution is -2.32. The first-order valence-electron chi connectivity index (χ1n) is 9.40. The summed E-state index contributed by atoms with van der Waals surface area (Å²) in [6, 6.07) is 15.2. The molecule has 1 N–H and O–H groups in total. The SMILES string of the molecule is O=C1C(Nc2ccc(F)c(F)c2)=C(c2ccccc2)C(=O)N1c1cccc(OC(F)(F)F)c1. The van der Waals surface area contributed by atoms with Crippen molar-refractivity contribution in [3.8, 4) is 5.75 Å². The minimum Gasteiger partial charge on any atom is -0.406 e. The minimum atomic E-state index is -4.97. The summed E-state index contributed by atoms with van der Waals surface area (Å²) in [6.07, 6.45) is -4.97. The second-order valence-electron chi connectivity index (χ2n) is 6.86. The predicted molar refractivity (Wildman–Crippen MR) is 109 cm³/mol. The van der Waals surface area contributed by atoms with Crippen LogP contribution in [0.15, 0.2) is 78.5 Å². The van der Waals surface area contributed by atoms with Gasteiger partial charge in [0.1, 0.15) is 11.4 Å². The number of amides is 2. The molecule has 0 bridgehead atoms. The van der Waals surface area contributed by atoms with Gasteiger partial charge in [-0.05, 0) is 29.8 Å². The molecule has 0 fully saturated rings. The number of hydrogen-bond donors (Lipinski definition) is 1. The van der Waals surface area contributed by atoms with Crippen molar-refractivity contribution < 1.29 is 36.3 Å². The Kier molecular flexibility index (Phi) is 5.59. The van der Waals surface area contributed by atoms with E-state index >= 15 is 0 Å². The fourth-order valence-corrected chi connectivity index (χ4v) is 3.29. The smallest absolute Gasteiger partial charge is 0.406 e. The van der Waals surface area contributed by atoms with Gasteiger partial charge >= 0.3 is 6.36 Å². The fourth-order valence-electron chi connectivity index (χ4n) is 3.29. The third-order valence-electron chi connectivity index (χ3n) is 4.64. The Morgan fingerprint density at radius 2 is 1.52 bits per heavy atom. The lowest BCUT2D eigenvalue weighted by molar-refractivity contribution is -0.274. The van der Waals surface area contributed by atoms with Gasteiger partial charge in [0, 0.05) is 17.8 Å². The normalized spacial score (nSPS) is 14.2. The molecule has 10 heteroatoms. The number of nitrogens with zero attached hydrogens (tertiary/aromatic N) is 1. The van der Waals surface area contributed by atoms with E-state index in [2.05, 4.69) is 10.1 Å². The van der Waals surface area contributed by atoms with Crippen LogP contribution in [0.4, 0.5) is 33.3 Å². The summed E-state index contributed by atoms with van der Waals surface area (Å²) in [5.41, 5.74) is -0.172. The quantitative estimate of drug-likeness (QED) is 0.417. The van der Waals surface area contributed by atoms with Crippen molar-refractivity contribution in [2.45, 2.75) is 6.36 Å². The van der Waals surface area contributed by atoms with E-state index in [1.54, 1.807) is 30.3 Å². The molecule has 3 aromatic rings. The molecule has 0 atom stereocenters. The Labute approximate surface area is 183 Å². The van der Waals surface area contributed by atoms with E-state index in [4.69, 9.17) is 0 Å². The summed E-state index contributed by atoms with van der Waals surface area (Å²) in [7, 11) is 0. The molecule has 0 radical (unpaired) electrons. The Morgan fingerprint density at radius 1 is 0.788 bits per heavy atom. The first kappa shape index (κ1) is 22.0. The van der Waals surface area contributed by atoms with E-state index in [1.807, 2.05) is 0 Å². The first-order chi connectivity index (χ1) is 15.6. The molecule has 0 unspecified atom stereocenters. The van der Waals surface area contributed by atoms with Crippen LogP contribution in [0.1, 0.15) is 5.56 Å². The van der Waals surface area contributed by atoms with Gasteiger partial charge in [-0.25, -0.2) is 13.7 Å². The highest BCUT2D eigenvalue weighted by Gasteiger charge is 2.41. The van der Waals surface area contributed by atoms with Crippen molar-refractivity contribution in [2.75, 3.05) is 10.2 Å². The van der Waals surface area contributed by atoms with Crippen LogP contribution >= 0.6 is 0 Å². The standard InChI is InChI=1S/C23H13F5N2O3/c24-17-10-9-14(11-18(17)25)29-20-19(13-5-2-1-3-6-13)21(31)30(22(20)32)15-7-4-8-16(12-15)33-23(26,27)28/h1-12,29H. The maximum Gasteiger partial charge on any atom is 0.573 e. The summed E-state index contributed by atoms with van der Waals surface area (Å²) in [6.45, 7) is 0. The minimum absolute atomic E-state index is 0.00511. The van der Waals surface area contributed by atoms with Gasteiger partial charge in [0.2, 0.25) is 0 Å². The van der Waals surface area contributed by atoms with Gasteiger partial charge in [-0.15, -0.1) is 13.2 Å². The van der Waals surface area contributed by atoms with Crippen LogP contribution < -0.4 is 15.0 Å². The molecule has 1 heterocycles. The summed E-state index contributed by atoms with van der Waals surface area (Å²) in [5, 5.41) is 2.64. The second kappa shape index (κ2) is 8.38. The monoisotopic (exact) mass is 460 g/mol. The number of anilines is 2. The van der Waals surface area contributed by atoms with Gasteiger partial charge in [0.15, 0.2) is 11.6 Å². The zero-order chi connectivity index (χ0) is 23.8. The largest absolute Gasteiger partial charge is 0.573 e. The van der Waals surface area contributed by atoms with Crippen molar-refractivity contribution in [3.05, 3.63) is 95.7 Å². The zero-order valence-corrected chi connectivity index (χ0v) is 16.5. The van der Waals surface area contributed by atoms with Gasteiger partial charge in [-0.2, -0.15) is 0 Å². The Balaban J connectivity index is 1.77. The third kappa shape index (κ3) is 4.54. The maximum absolute atomic E-state index is 13.7. The van der Waals surface area contributed by atoms with E-state index in [-0.39, 0.29) is 22.6 Å². The van der Waals surface area contributed by atoms with Crippen LogP contribution in [0.2, 0.25) is 0 Å². The number of rotatable bonds is 5. The molecule has 0 saturated heterocycles. The highest BCUT2D eigenvalue weighted by Crippen LogP contribution is 2.35. The van der Waals surface area contributed by atoms with Crippen molar-refractivity contribution >= 4 is 28.8 Å². The molecule has 2 amide bonds. The number of nitrogens with one attached hydrogen (secondary N) is 1. The van der Waals surface area contributed by atoms with Crippen LogP contribution in [0.25, 0.3) is 5.57 Å². The maximum atomic E-state index is 13.7. The van der Waals surface area contributed by atoms with Crippen LogP contribution in [0, 0.1) is 11.6 Å². The molecular formula is C23H13F5N2O3. The second-order valence-corrected chi connectivity index (χ2v) is 6.86. The molecule has 1 aliphatic heterocycles. The molecule has 5 nitrogen and oxygen atoms in total. The molecule has 0 aromatic heterocycles. The van der Waals surface area contributed by atoms with Gasteiger partial charge in [0.05, 0.1) is 11.3 Å². The Morgan fingerprint density at radius 3 is 2.18 bits per heavy atom. The number of ether oxygens (including phenoxy) is 1. The van der Waals surface area contributed by atoms with E-state index in [0.29, 0.717) is 10.5 Å². The van der Waals surface area contributed by atoms with Crippen molar-refractivity contribution in [1.29, 1.82) is 0 Å². The number of imide groups is 1. The van der Waals surface area contributed by atoms with Gasteiger partial charge < -0.3 is 10.1 Å². The molecule has 3 aromatic carbocycles. The van der Waals surface area contributed by atoms with Crippen LogP contribution in [0.5, 0.6) is 5.75 Å². The molecule has 168 valence electrons. The van der Waals surface area contributed by atoms with Crippen LogP contribution in [-0.4, -0.2) is 18.2 Å². The topological polar surface area (TPSA) is 58.6 Å². The molecule has 4 rings (SSSR count). The van der Waals surface area contributed by atoms with Crippen molar-refractivity contribution in [2.24, 2.45) is 0 Å². The molecule has 33 heavy (non-hydrogen) atoms. The average molecular weight is 460 g/mol. The van der Waals surface area contributed by atoms with Crippen molar-refractivity contribution in [1.82, 2.24) is 0 Å². The number of halogens is 5. The van der Waals surface area contributed by atoms with Crippen LogP contribution in [0.3, 0.4) is 0 Å². The lowest BCUT2D eigenvalue weighted by atomic mass is 10.0. The summed E-state index contributed by atoms with van der Waals surface area (Å²) >= 11 is 0. The average Bonchev–Trinajstić information content (AvgIpc) is 3.00. The lowest BCUT2D eigenvalue weighted by Gasteiger charge is -2.17. The molecule has 0 saturated carbocycles. The summed E-state index contributed by atoms with van der Waals surface area (Å²) < 4.78 is 68.7. The fraction of sp³-hybridized carbons (Fsp3) is 0.0435. The molecular weight excluding hydrogens is 447 g/mol. The highest BCUT2D eigenvalue weighted by molar-refractivity contribution is 6.46. The van der Waals surface area contributed by atoms with Gasteiger partial charge in [0.25, 0.3) is 11.8 Å². The van der Waals surface area contributed by atoms with E-state index in [0.717, 1.165) is 24.3 Å². The van der Waals surface area contributed by atoms with E-state index < -0.39 is 35.6 Å². The van der Waals surface area contributed by atoms with Gasteiger partial charge in [-0.3, -0.25) is 9.59 Å². The van der Waals surface area contributed by atoms with E-state index in [1.165, 1.54) is 18.2 Å². The summed E-state index contributed by atoms with van der Waals surface area (Å²) in [5.74, 6) is -4.61. The Hall–Kier alpha value is -4.21. The van der Waals surface area contributed by atoms with Crippen LogP contribution in [-0.2, 0) is 9.59 Å². The molecule has 0 spiro atoms. The van der Waals surface area contributed by atoms with Crippen molar-refractivity contribution in [3.63, 3.8) is 0 Å². The highest BCUT2D eigenvalue weighted by atomic mass is 19.4. The Bertz CT molecular complexity index is 1270. The number of hydrogen-bond acceptors (Lipinski definition) is 4. The molecule has 1 aliphatic rings. The molecule has 0 aliphatic carbocycles.